The molecule has 4 nitrogen and oxygen atoms in total. The minimum atomic E-state index is 0.561. The molecule has 0 atom stereocenters. The molecule has 96 valence electrons. The normalized spacial score (nSPS) is 9.74. The summed E-state index contributed by atoms with van der Waals surface area (Å²) in [6.07, 6.45) is 0. The summed E-state index contributed by atoms with van der Waals surface area (Å²) in [4.78, 5) is 0. The molecule has 0 spiro atoms. The number of nitriles is 1. The maximum Gasteiger partial charge on any atom is 0.143 e. The zero-order chi connectivity index (χ0) is 13.8. The Labute approximate surface area is 112 Å². The molecule has 0 amide bonds. The zero-order valence-corrected chi connectivity index (χ0v) is 10.9. The largest absolute Gasteiger partial charge is 0.495 e. The van der Waals surface area contributed by atoms with Gasteiger partial charge in [0, 0.05) is 17.4 Å². The fourth-order valence-corrected chi connectivity index (χ4v) is 1.90. The predicted octanol–water partition coefficient (Wildman–Crippen LogP) is 3.20. The van der Waals surface area contributed by atoms with Crippen molar-refractivity contribution in [3.05, 3.63) is 47.5 Å². The van der Waals surface area contributed by atoms with Crippen LogP contribution in [0.4, 0.5) is 17.1 Å². The summed E-state index contributed by atoms with van der Waals surface area (Å²) in [5, 5.41) is 12.1. The molecule has 0 aliphatic rings. The van der Waals surface area contributed by atoms with Gasteiger partial charge in [-0.2, -0.15) is 5.26 Å². The molecule has 0 fully saturated rings. The molecule has 0 aliphatic heterocycles. The van der Waals surface area contributed by atoms with E-state index in [1.807, 2.05) is 31.2 Å². The number of benzene rings is 2. The van der Waals surface area contributed by atoms with Crippen LogP contribution in [0.3, 0.4) is 0 Å². The maximum absolute atomic E-state index is 8.87. The number of ether oxygens (including phenoxy) is 1. The van der Waals surface area contributed by atoms with Gasteiger partial charge in [0.1, 0.15) is 5.75 Å². The Hall–Kier alpha value is -2.67. The van der Waals surface area contributed by atoms with Crippen LogP contribution in [0.25, 0.3) is 0 Å². The maximum atomic E-state index is 8.87. The first-order valence-corrected chi connectivity index (χ1v) is 5.84. The molecular formula is C15H15N3O. The van der Waals surface area contributed by atoms with Gasteiger partial charge in [0.05, 0.1) is 24.4 Å². The third-order valence-electron chi connectivity index (χ3n) is 2.71. The molecule has 0 radical (unpaired) electrons. The van der Waals surface area contributed by atoms with E-state index in [4.69, 9.17) is 15.7 Å². The van der Waals surface area contributed by atoms with E-state index in [-0.39, 0.29) is 0 Å². The molecule has 0 saturated carbocycles. The van der Waals surface area contributed by atoms with E-state index in [9.17, 15) is 0 Å². The second kappa shape index (κ2) is 5.32. The molecule has 0 unspecified atom stereocenters. The molecule has 3 N–H and O–H groups in total. The zero-order valence-electron chi connectivity index (χ0n) is 10.9. The average molecular weight is 253 g/mol. The van der Waals surface area contributed by atoms with E-state index in [0.29, 0.717) is 17.0 Å². The van der Waals surface area contributed by atoms with E-state index in [1.54, 1.807) is 19.2 Å². The summed E-state index contributed by atoms with van der Waals surface area (Å²) < 4.78 is 5.28. The van der Waals surface area contributed by atoms with E-state index < -0.39 is 0 Å². The van der Waals surface area contributed by atoms with Crippen molar-refractivity contribution >= 4 is 17.1 Å². The van der Waals surface area contributed by atoms with E-state index in [2.05, 4.69) is 11.4 Å². The average Bonchev–Trinajstić information content (AvgIpc) is 2.38. The standard InChI is InChI=1S/C15H15N3O/c1-10-5-12(17)8-13(6-10)18-14-4-3-11(9-16)7-15(14)19-2/h3-8,18H,17H2,1-2H3. The summed E-state index contributed by atoms with van der Waals surface area (Å²) in [5.74, 6) is 0.624. The van der Waals surface area contributed by atoms with Crippen LogP contribution in [0.15, 0.2) is 36.4 Å². The lowest BCUT2D eigenvalue weighted by atomic mass is 10.1. The third kappa shape index (κ3) is 2.96. The molecule has 2 aromatic carbocycles. The van der Waals surface area contributed by atoms with Gasteiger partial charge in [-0.25, -0.2) is 0 Å². The van der Waals surface area contributed by atoms with Gasteiger partial charge in [0.25, 0.3) is 0 Å². The van der Waals surface area contributed by atoms with Crippen molar-refractivity contribution in [2.75, 3.05) is 18.2 Å². The fraction of sp³-hybridized carbons (Fsp3) is 0.133. The summed E-state index contributed by atoms with van der Waals surface area (Å²) in [6, 6.07) is 13.1. The first-order chi connectivity index (χ1) is 9.12. The van der Waals surface area contributed by atoms with Crippen molar-refractivity contribution in [1.82, 2.24) is 0 Å². The minimum absolute atomic E-state index is 0.561. The van der Waals surface area contributed by atoms with Gasteiger partial charge in [-0.05, 0) is 42.8 Å². The number of nitrogens with zero attached hydrogens (tertiary/aromatic N) is 1. The first kappa shape index (κ1) is 12.8. The number of hydrogen-bond acceptors (Lipinski definition) is 4. The quantitative estimate of drug-likeness (QED) is 0.824. The van der Waals surface area contributed by atoms with Crippen LogP contribution in [-0.2, 0) is 0 Å². The van der Waals surface area contributed by atoms with Gasteiger partial charge in [-0.1, -0.05) is 0 Å². The van der Waals surface area contributed by atoms with Crippen LogP contribution >= 0.6 is 0 Å². The summed E-state index contributed by atoms with van der Waals surface area (Å²) >= 11 is 0. The molecule has 2 rings (SSSR count). The Morgan fingerprint density at radius 1 is 1.21 bits per heavy atom. The second-order valence-corrected chi connectivity index (χ2v) is 4.28. The number of methoxy groups -OCH3 is 1. The molecule has 0 saturated heterocycles. The molecule has 0 bridgehead atoms. The topological polar surface area (TPSA) is 71.1 Å². The fourth-order valence-electron chi connectivity index (χ4n) is 1.90. The summed E-state index contributed by atoms with van der Waals surface area (Å²) in [7, 11) is 1.58. The predicted molar refractivity (Wildman–Crippen MR) is 76.6 cm³/mol. The van der Waals surface area contributed by atoms with Crippen molar-refractivity contribution < 1.29 is 4.74 Å². The number of aryl methyl sites for hydroxylation is 1. The van der Waals surface area contributed by atoms with Crippen LogP contribution in [0.5, 0.6) is 5.75 Å². The Morgan fingerprint density at radius 3 is 2.63 bits per heavy atom. The van der Waals surface area contributed by atoms with Crippen molar-refractivity contribution in [2.24, 2.45) is 0 Å². The van der Waals surface area contributed by atoms with E-state index >= 15 is 0 Å². The Balaban J connectivity index is 2.35. The molecule has 19 heavy (non-hydrogen) atoms. The van der Waals surface area contributed by atoms with E-state index in [1.165, 1.54) is 0 Å². The minimum Gasteiger partial charge on any atom is -0.495 e. The van der Waals surface area contributed by atoms with Crippen LogP contribution in [0.2, 0.25) is 0 Å². The summed E-state index contributed by atoms with van der Waals surface area (Å²) in [5.41, 5.74) is 9.85. The van der Waals surface area contributed by atoms with Crippen LogP contribution in [0, 0.1) is 18.3 Å². The lowest BCUT2D eigenvalue weighted by Gasteiger charge is -2.12. The van der Waals surface area contributed by atoms with Gasteiger partial charge < -0.3 is 15.8 Å². The van der Waals surface area contributed by atoms with Crippen LogP contribution < -0.4 is 15.8 Å². The second-order valence-electron chi connectivity index (χ2n) is 4.28. The third-order valence-corrected chi connectivity index (χ3v) is 2.71. The molecule has 0 aliphatic carbocycles. The van der Waals surface area contributed by atoms with Crippen molar-refractivity contribution in [3.63, 3.8) is 0 Å². The molecule has 0 aromatic heterocycles. The first-order valence-electron chi connectivity index (χ1n) is 5.84. The van der Waals surface area contributed by atoms with Crippen molar-refractivity contribution in [2.45, 2.75) is 6.92 Å². The highest BCUT2D eigenvalue weighted by Crippen LogP contribution is 2.29. The highest BCUT2D eigenvalue weighted by atomic mass is 16.5. The number of hydrogen-bond donors (Lipinski definition) is 2. The molecule has 2 aromatic rings. The number of nitrogen functional groups attached to an aromatic ring is 1. The van der Waals surface area contributed by atoms with Crippen LogP contribution in [-0.4, -0.2) is 7.11 Å². The van der Waals surface area contributed by atoms with E-state index in [0.717, 1.165) is 16.9 Å². The molecule has 4 heteroatoms. The SMILES string of the molecule is COc1cc(C#N)ccc1Nc1cc(C)cc(N)c1. The smallest absolute Gasteiger partial charge is 0.143 e. The van der Waals surface area contributed by atoms with Gasteiger partial charge in [-0.3, -0.25) is 0 Å². The van der Waals surface area contributed by atoms with Gasteiger partial charge in [0.15, 0.2) is 0 Å². The van der Waals surface area contributed by atoms with Gasteiger partial charge in [-0.15, -0.1) is 0 Å². The Bertz CT molecular complexity index is 624. The molecule has 0 heterocycles. The van der Waals surface area contributed by atoms with Crippen molar-refractivity contribution in [1.29, 1.82) is 5.26 Å². The van der Waals surface area contributed by atoms with Crippen molar-refractivity contribution in [3.8, 4) is 11.8 Å². The van der Waals surface area contributed by atoms with Gasteiger partial charge >= 0.3 is 0 Å². The monoisotopic (exact) mass is 253 g/mol. The Morgan fingerprint density at radius 2 is 2.00 bits per heavy atom. The van der Waals surface area contributed by atoms with Gasteiger partial charge in [0.2, 0.25) is 0 Å². The lowest BCUT2D eigenvalue weighted by molar-refractivity contribution is 0.416. The number of nitrogens with one attached hydrogen (secondary N) is 1. The number of anilines is 3. The lowest BCUT2D eigenvalue weighted by Crippen LogP contribution is -1.97. The Kier molecular flexibility index (Phi) is 3.58. The highest BCUT2D eigenvalue weighted by Gasteiger charge is 2.05. The van der Waals surface area contributed by atoms with Crippen LogP contribution in [0.1, 0.15) is 11.1 Å². The number of rotatable bonds is 3. The highest BCUT2D eigenvalue weighted by molar-refractivity contribution is 5.70. The summed E-state index contributed by atoms with van der Waals surface area (Å²) in [6.45, 7) is 1.98. The number of nitrogens with two attached hydrogens (primary N) is 1. The molecular weight excluding hydrogens is 238 g/mol.